The lowest BCUT2D eigenvalue weighted by atomic mass is 9.96. The topological polar surface area (TPSA) is 61.9 Å². The molecule has 4 aromatic rings. The van der Waals surface area contributed by atoms with Gasteiger partial charge in [-0.25, -0.2) is 4.98 Å². The highest BCUT2D eigenvalue weighted by Crippen LogP contribution is 2.46. The van der Waals surface area contributed by atoms with Gasteiger partial charge in [0.1, 0.15) is 5.65 Å². The average Bonchev–Trinajstić information content (AvgIpc) is 3.49. The van der Waals surface area contributed by atoms with Gasteiger partial charge in [0.2, 0.25) is 0 Å². The summed E-state index contributed by atoms with van der Waals surface area (Å²) >= 11 is 0. The predicted octanol–water partition coefficient (Wildman–Crippen LogP) is 5.74. The molecule has 1 N–H and O–H groups in total. The second kappa shape index (κ2) is 6.76. The third-order valence-electron chi connectivity index (χ3n) is 7.33. The summed E-state index contributed by atoms with van der Waals surface area (Å²) in [6.07, 6.45) is 9.97. The number of hydrogen-bond acceptors (Lipinski definition) is 3. The van der Waals surface area contributed by atoms with Gasteiger partial charge >= 0.3 is 0 Å². The van der Waals surface area contributed by atoms with Crippen molar-refractivity contribution in [3.05, 3.63) is 71.8 Å². The summed E-state index contributed by atoms with van der Waals surface area (Å²) < 4.78 is 0. The molecule has 160 valence electrons. The van der Waals surface area contributed by atoms with Gasteiger partial charge in [0.05, 0.1) is 0 Å². The van der Waals surface area contributed by atoms with E-state index in [-0.39, 0.29) is 11.4 Å². The van der Waals surface area contributed by atoms with Crippen molar-refractivity contribution in [1.82, 2.24) is 19.9 Å². The van der Waals surface area contributed by atoms with Crippen molar-refractivity contribution in [3.63, 3.8) is 0 Å². The molecule has 3 aromatic heterocycles. The Labute approximate surface area is 187 Å². The minimum Gasteiger partial charge on any atom is -0.346 e. The molecule has 5 heteroatoms. The van der Waals surface area contributed by atoms with E-state index in [1.165, 1.54) is 12.8 Å². The van der Waals surface area contributed by atoms with Crippen molar-refractivity contribution in [2.75, 3.05) is 0 Å². The van der Waals surface area contributed by atoms with Crippen molar-refractivity contribution in [2.45, 2.75) is 45.7 Å². The molecule has 1 saturated carbocycles. The van der Waals surface area contributed by atoms with Gasteiger partial charge in [0, 0.05) is 58.9 Å². The summed E-state index contributed by atoms with van der Waals surface area (Å²) in [5.41, 5.74) is 8.22. The number of nitrogens with zero attached hydrogens (tertiary/aromatic N) is 3. The molecule has 32 heavy (non-hydrogen) atoms. The smallest absolute Gasteiger partial charge is 0.255 e. The summed E-state index contributed by atoms with van der Waals surface area (Å²) in [4.78, 5) is 27.5. The normalized spacial score (nSPS) is 16.1. The molecule has 0 saturated heterocycles. The number of pyridine rings is 2. The quantitative estimate of drug-likeness (QED) is 0.456. The number of aromatic amines is 1. The fraction of sp³-hybridized carbons (Fsp3) is 0.296. The van der Waals surface area contributed by atoms with Crippen LogP contribution in [0.1, 0.15) is 48.2 Å². The first kappa shape index (κ1) is 19.2. The molecule has 0 radical (unpaired) electrons. The van der Waals surface area contributed by atoms with Crippen molar-refractivity contribution < 1.29 is 4.79 Å². The van der Waals surface area contributed by atoms with Gasteiger partial charge in [-0.05, 0) is 86.1 Å². The maximum absolute atomic E-state index is 13.3. The lowest BCUT2D eigenvalue weighted by Crippen LogP contribution is -2.45. The second-order valence-corrected chi connectivity index (χ2v) is 9.70. The van der Waals surface area contributed by atoms with Crippen molar-refractivity contribution in [1.29, 1.82) is 0 Å². The maximum atomic E-state index is 13.3. The Morgan fingerprint density at radius 2 is 1.84 bits per heavy atom. The van der Waals surface area contributed by atoms with Crippen LogP contribution in [0.4, 0.5) is 0 Å². The molecule has 1 fully saturated rings. The average molecular weight is 423 g/mol. The number of H-pyrrole nitrogens is 1. The molecule has 1 aliphatic carbocycles. The van der Waals surface area contributed by atoms with Gasteiger partial charge in [0.15, 0.2) is 0 Å². The Morgan fingerprint density at radius 3 is 2.59 bits per heavy atom. The number of benzene rings is 1. The summed E-state index contributed by atoms with van der Waals surface area (Å²) in [5.74, 6) is 0.799. The lowest BCUT2D eigenvalue weighted by molar-refractivity contribution is 0.0523. The standard InChI is InChI=1S/C27H26N4O/c1-16-10-18(11-20-15-31(26(32)24(16)20)27(2,3)21-4-5-21)19-12-22-23(14-30-25(22)29-13-19)17-6-8-28-9-7-17/h6-14,21H,4-5,15H2,1-3H3,(H,29,30). The van der Waals surface area contributed by atoms with E-state index in [1.54, 1.807) is 12.4 Å². The van der Waals surface area contributed by atoms with Crippen LogP contribution in [0.3, 0.4) is 0 Å². The SMILES string of the molecule is Cc1cc(-c2cnc3[nH]cc(-c4ccncc4)c3c2)cc2c1C(=O)N(C(C)(C)C1CC1)C2. The molecular formula is C27H26N4O. The molecule has 1 amide bonds. The minimum absolute atomic E-state index is 0.0895. The van der Waals surface area contributed by atoms with Crippen LogP contribution >= 0.6 is 0 Å². The first-order chi connectivity index (χ1) is 15.4. The highest BCUT2D eigenvalue weighted by Gasteiger charge is 2.47. The van der Waals surface area contributed by atoms with E-state index in [9.17, 15) is 4.79 Å². The Balaban J connectivity index is 1.42. The molecule has 0 unspecified atom stereocenters. The number of aryl methyl sites for hydroxylation is 1. The Hall–Kier alpha value is -3.47. The van der Waals surface area contributed by atoms with E-state index in [2.05, 4.69) is 58.8 Å². The molecule has 0 bridgehead atoms. The number of nitrogens with one attached hydrogen (secondary N) is 1. The highest BCUT2D eigenvalue weighted by molar-refractivity contribution is 6.01. The van der Waals surface area contributed by atoms with Crippen LogP contribution in [0.15, 0.2) is 55.1 Å². The summed E-state index contributed by atoms with van der Waals surface area (Å²) in [7, 11) is 0. The molecular weight excluding hydrogens is 396 g/mol. The Kier molecular flexibility index (Phi) is 4.06. The van der Waals surface area contributed by atoms with E-state index in [0.29, 0.717) is 12.5 Å². The number of rotatable bonds is 4. The number of fused-ring (bicyclic) bond motifs is 2. The van der Waals surface area contributed by atoms with Crippen LogP contribution < -0.4 is 0 Å². The van der Waals surface area contributed by atoms with Gasteiger partial charge in [-0.15, -0.1) is 0 Å². The second-order valence-electron chi connectivity index (χ2n) is 9.70. The van der Waals surface area contributed by atoms with Crippen molar-refractivity contribution >= 4 is 16.9 Å². The zero-order valence-corrected chi connectivity index (χ0v) is 18.6. The van der Waals surface area contributed by atoms with Gasteiger partial charge in [-0.3, -0.25) is 9.78 Å². The van der Waals surface area contributed by atoms with Gasteiger partial charge < -0.3 is 9.88 Å². The van der Waals surface area contributed by atoms with E-state index in [4.69, 9.17) is 0 Å². The minimum atomic E-state index is -0.0895. The molecule has 5 nitrogen and oxygen atoms in total. The summed E-state index contributed by atoms with van der Waals surface area (Å²) in [6.45, 7) is 7.18. The number of amides is 1. The molecule has 0 atom stereocenters. The van der Waals surface area contributed by atoms with Crippen LogP contribution in [0, 0.1) is 12.8 Å². The number of aromatic nitrogens is 3. The lowest BCUT2D eigenvalue weighted by Gasteiger charge is -2.36. The van der Waals surface area contributed by atoms with Crippen LogP contribution in [0.5, 0.6) is 0 Å². The zero-order valence-electron chi connectivity index (χ0n) is 18.6. The molecule has 4 heterocycles. The third kappa shape index (κ3) is 2.88. The summed E-state index contributed by atoms with van der Waals surface area (Å²) in [6, 6.07) is 10.5. The first-order valence-corrected chi connectivity index (χ1v) is 11.3. The Morgan fingerprint density at radius 1 is 1.06 bits per heavy atom. The van der Waals surface area contributed by atoms with Gasteiger partial charge in [-0.1, -0.05) is 6.07 Å². The first-order valence-electron chi connectivity index (χ1n) is 11.3. The molecule has 2 aliphatic rings. The van der Waals surface area contributed by atoms with Crippen molar-refractivity contribution in [2.24, 2.45) is 5.92 Å². The maximum Gasteiger partial charge on any atom is 0.255 e. The number of hydrogen-bond donors (Lipinski definition) is 1. The van der Waals surface area contributed by atoms with Crippen LogP contribution in [0.25, 0.3) is 33.3 Å². The van der Waals surface area contributed by atoms with E-state index in [1.807, 2.05) is 24.5 Å². The molecule has 0 spiro atoms. The largest absolute Gasteiger partial charge is 0.346 e. The predicted molar refractivity (Wildman–Crippen MR) is 126 cm³/mol. The fourth-order valence-electron chi connectivity index (χ4n) is 5.24. The fourth-order valence-corrected chi connectivity index (χ4v) is 5.24. The molecule has 6 rings (SSSR count). The van der Waals surface area contributed by atoms with E-state index >= 15 is 0 Å². The van der Waals surface area contributed by atoms with Crippen molar-refractivity contribution in [3.8, 4) is 22.3 Å². The van der Waals surface area contributed by atoms with Crippen LogP contribution in [0.2, 0.25) is 0 Å². The summed E-state index contributed by atoms with van der Waals surface area (Å²) in [5, 5.41) is 1.08. The third-order valence-corrected chi connectivity index (χ3v) is 7.33. The number of carbonyl (C=O) groups excluding carboxylic acids is 1. The van der Waals surface area contributed by atoms with E-state index < -0.39 is 0 Å². The van der Waals surface area contributed by atoms with Crippen LogP contribution in [-0.2, 0) is 6.54 Å². The van der Waals surface area contributed by atoms with Gasteiger partial charge in [0.25, 0.3) is 5.91 Å². The monoisotopic (exact) mass is 422 g/mol. The highest BCUT2D eigenvalue weighted by atomic mass is 16.2. The van der Waals surface area contributed by atoms with Crippen LogP contribution in [-0.4, -0.2) is 31.3 Å². The number of carbonyl (C=O) groups is 1. The Bertz CT molecular complexity index is 1370. The zero-order chi connectivity index (χ0) is 22.0. The molecule has 1 aromatic carbocycles. The van der Waals surface area contributed by atoms with E-state index in [0.717, 1.165) is 50.0 Å². The van der Waals surface area contributed by atoms with Gasteiger partial charge in [-0.2, -0.15) is 0 Å². The molecule has 1 aliphatic heterocycles.